The van der Waals surface area contributed by atoms with E-state index in [9.17, 15) is 14.4 Å². The number of aryl methyl sites for hydroxylation is 1. The summed E-state index contributed by atoms with van der Waals surface area (Å²) in [6.07, 6.45) is 3.19. The molecule has 4 amide bonds. The first-order valence-corrected chi connectivity index (χ1v) is 7.52. The fraction of sp³-hybridized carbons (Fsp3) is 0.571. The number of likely N-dealkylation sites (N-methyl/N-ethyl adjacent to an activating group) is 1. The molecule has 1 aromatic heterocycles. The number of imide groups is 1. The predicted octanol–water partition coefficient (Wildman–Crippen LogP) is -0.402. The van der Waals surface area contributed by atoms with Crippen molar-refractivity contribution >= 4 is 17.8 Å². The van der Waals surface area contributed by atoms with Crippen molar-refractivity contribution < 1.29 is 14.4 Å². The second kappa shape index (κ2) is 5.78. The molecule has 2 aliphatic heterocycles. The van der Waals surface area contributed by atoms with Crippen molar-refractivity contribution in [1.82, 2.24) is 24.9 Å². The molecule has 1 N–H and O–H groups in total. The van der Waals surface area contributed by atoms with Gasteiger partial charge < -0.3 is 10.2 Å². The van der Waals surface area contributed by atoms with Crippen LogP contribution in [0.4, 0.5) is 4.79 Å². The Morgan fingerprint density at radius 2 is 2.14 bits per heavy atom. The molecule has 1 aromatic rings. The summed E-state index contributed by atoms with van der Waals surface area (Å²) in [5.74, 6) is -1.35. The first kappa shape index (κ1) is 14.6. The van der Waals surface area contributed by atoms with Gasteiger partial charge in [-0.3, -0.25) is 19.2 Å². The highest BCUT2D eigenvalue weighted by Gasteiger charge is 2.36. The number of hydrogen-bond acceptors (Lipinski definition) is 4. The van der Waals surface area contributed by atoms with Crippen LogP contribution in [-0.2, 0) is 22.6 Å². The van der Waals surface area contributed by atoms with Gasteiger partial charge in [-0.15, -0.1) is 0 Å². The van der Waals surface area contributed by atoms with Gasteiger partial charge in [0.1, 0.15) is 0 Å². The zero-order chi connectivity index (χ0) is 15.7. The summed E-state index contributed by atoms with van der Waals surface area (Å²) in [4.78, 5) is 38.6. The molecule has 3 heterocycles. The van der Waals surface area contributed by atoms with Crippen molar-refractivity contribution in [3.05, 3.63) is 18.0 Å². The number of rotatable bonds is 2. The Morgan fingerprint density at radius 3 is 2.91 bits per heavy atom. The van der Waals surface area contributed by atoms with Crippen LogP contribution in [0.3, 0.4) is 0 Å². The van der Waals surface area contributed by atoms with Crippen molar-refractivity contribution in [2.45, 2.75) is 32.4 Å². The van der Waals surface area contributed by atoms with Gasteiger partial charge in [0.15, 0.2) is 0 Å². The molecule has 8 nitrogen and oxygen atoms in total. The topological polar surface area (TPSA) is 87.5 Å². The second-order valence-electron chi connectivity index (χ2n) is 5.53. The molecule has 0 saturated carbocycles. The smallest absolute Gasteiger partial charge is 0.324 e. The largest absolute Gasteiger partial charge is 0.334 e. The van der Waals surface area contributed by atoms with Gasteiger partial charge in [-0.1, -0.05) is 0 Å². The second-order valence-corrected chi connectivity index (χ2v) is 5.53. The summed E-state index contributed by atoms with van der Waals surface area (Å²) >= 11 is 0. The van der Waals surface area contributed by atoms with Gasteiger partial charge in [-0.2, -0.15) is 5.10 Å². The number of nitrogens with zero attached hydrogens (tertiary/aromatic N) is 4. The number of aromatic nitrogens is 2. The van der Waals surface area contributed by atoms with Crippen molar-refractivity contribution in [2.75, 3.05) is 19.6 Å². The molecule has 1 fully saturated rings. The summed E-state index contributed by atoms with van der Waals surface area (Å²) in [5, 5.41) is 7.05. The molecule has 118 valence electrons. The summed E-state index contributed by atoms with van der Waals surface area (Å²) in [6.45, 7) is 3.67. The number of piperazine rings is 1. The molecule has 8 heteroatoms. The maximum atomic E-state index is 12.3. The molecule has 0 spiro atoms. The van der Waals surface area contributed by atoms with Crippen LogP contribution < -0.4 is 5.32 Å². The van der Waals surface area contributed by atoms with Crippen LogP contribution in [0.1, 0.15) is 19.0 Å². The minimum Gasteiger partial charge on any atom is -0.334 e. The molecule has 1 saturated heterocycles. The molecule has 0 aliphatic carbocycles. The van der Waals surface area contributed by atoms with E-state index in [0.29, 0.717) is 19.5 Å². The number of hydrogen-bond donors (Lipinski definition) is 1. The van der Waals surface area contributed by atoms with E-state index in [1.165, 1.54) is 4.90 Å². The van der Waals surface area contributed by atoms with E-state index in [4.69, 9.17) is 0 Å². The number of urea groups is 1. The summed E-state index contributed by atoms with van der Waals surface area (Å²) in [5.41, 5.74) is 1.06. The Labute approximate surface area is 128 Å². The third kappa shape index (κ3) is 2.56. The Balaban J connectivity index is 1.61. The van der Waals surface area contributed by atoms with Crippen molar-refractivity contribution in [3.8, 4) is 0 Å². The van der Waals surface area contributed by atoms with Gasteiger partial charge >= 0.3 is 17.8 Å². The van der Waals surface area contributed by atoms with Crippen LogP contribution in [0.5, 0.6) is 0 Å². The average Bonchev–Trinajstić information content (AvgIpc) is 2.97. The zero-order valence-corrected chi connectivity index (χ0v) is 12.5. The van der Waals surface area contributed by atoms with Crippen LogP contribution in [0.25, 0.3) is 0 Å². The minimum absolute atomic E-state index is 0.0381. The summed E-state index contributed by atoms with van der Waals surface area (Å²) in [6, 6.07) is 1.41. The van der Waals surface area contributed by atoms with Crippen molar-refractivity contribution in [1.29, 1.82) is 0 Å². The van der Waals surface area contributed by atoms with Gasteiger partial charge in [0.2, 0.25) is 0 Å². The Morgan fingerprint density at radius 1 is 1.32 bits per heavy atom. The first-order chi connectivity index (χ1) is 10.6. The molecule has 0 radical (unpaired) electrons. The summed E-state index contributed by atoms with van der Waals surface area (Å²) < 4.78 is 1.91. The minimum atomic E-state index is -0.744. The molecule has 22 heavy (non-hydrogen) atoms. The molecule has 0 unspecified atom stereocenters. The van der Waals surface area contributed by atoms with E-state index in [1.54, 1.807) is 6.20 Å². The van der Waals surface area contributed by atoms with E-state index < -0.39 is 17.8 Å². The van der Waals surface area contributed by atoms with E-state index in [-0.39, 0.29) is 12.6 Å². The normalized spacial score (nSPS) is 21.8. The molecular weight excluding hydrogens is 286 g/mol. The Kier molecular flexibility index (Phi) is 3.82. The molecule has 0 bridgehead atoms. The van der Waals surface area contributed by atoms with Gasteiger partial charge in [-0.05, 0) is 19.4 Å². The maximum absolute atomic E-state index is 12.3. The number of carbonyl (C=O) groups excluding carboxylic acids is 3. The van der Waals surface area contributed by atoms with Crippen LogP contribution >= 0.6 is 0 Å². The van der Waals surface area contributed by atoms with Crippen LogP contribution in [0, 0.1) is 0 Å². The Hall–Kier alpha value is -2.38. The SMILES string of the molecule is CCN1CCN(C(=O)N[C@@H]2CCn3nccc3C2)C(=O)C1=O. The lowest BCUT2D eigenvalue weighted by atomic mass is 10.0. The number of fused-ring (bicyclic) bond motifs is 1. The van der Waals surface area contributed by atoms with Crippen LogP contribution in [-0.4, -0.2) is 63.1 Å². The van der Waals surface area contributed by atoms with Crippen LogP contribution in [0.15, 0.2) is 12.3 Å². The van der Waals surface area contributed by atoms with Crippen molar-refractivity contribution in [3.63, 3.8) is 0 Å². The van der Waals surface area contributed by atoms with E-state index in [1.807, 2.05) is 17.7 Å². The standard InChI is InChI=1S/C14H19N5O3/c1-2-17-7-8-18(13(21)12(17)20)14(22)16-10-4-6-19-11(9-10)3-5-15-19/h3,5,10H,2,4,6-9H2,1H3,(H,16,22)/t10-/m1/s1. The van der Waals surface area contributed by atoms with E-state index in [2.05, 4.69) is 10.4 Å². The number of amides is 4. The molecular formula is C14H19N5O3. The van der Waals surface area contributed by atoms with E-state index in [0.717, 1.165) is 23.6 Å². The van der Waals surface area contributed by atoms with Gasteiger partial charge in [-0.25, -0.2) is 4.79 Å². The predicted molar refractivity (Wildman–Crippen MR) is 76.8 cm³/mol. The fourth-order valence-electron chi connectivity index (χ4n) is 2.91. The highest BCUT2D eigenvalue weighted by atomic mass is 16.2. The van der Waals surface area contributed by atoms with Gasteiger partial charge in [0.05, 0.1) is 0 Å². The lowest BCUT2D eigenvalue weighted by Gasteiger charge is -2.33. The van der Waals surface area contributed by atoms with Crippen LogP contribution in [0.2, 0.25) is 0 Å². The number of carbonyl (C=O) groups is 3. The number of nitrogens with one attached hydrogen (secondary N) is 1. The zero-order valence-electron chi connectivity index (χ0n) is 12.5. The molecule has 2 aliphatic rings. The fourth-order valence-corrected chi connectivity index (χ4v) is 2.91. The molecule has 3 rings (SSSR count). The first-order valence-electron chi connectivity index (χ1n) is 7.52. The molecule has 1 atom stereocenters. The third-order valence-electron chi connectivity index (χ3n) is 4.21. The van der Waals surface area contributed by atoms with Gasteiger partial charge in [0.25, 0.3) is 0 Å². The van der Waals surface area contributed by atoms with Crippen molar-refractivity contribution in [2.24, 2.45) is 0 Å². The lowest BCUT2D eigenvalue weighted by Crippen LogP contribution is -2.59. The summed E-state index contributed by atoms with van der Waals surface area (Å²) in [7, 11) is 0. The monoisotopic (exact) mass is 305 g/mol. The molecule has 0 aromatic carbocycles. The highest BCUT2D eigenvalue weighted by Crippen LogP contribution is 2.14. The Bertz CT molecular complexity index is 611. The average molecular weight is 305 g/mol. The maximum Gasteiger partial charge on any atom is 0.324 e. The third-order valence-corrected chi connectivity index (χ3v) is 4.21. The van der Waals surface area contributed by atoms with E-state index >= 15 is 0 Å². The quantitative estimate of drug-likeness (QED) is 0.753. The lowest BCUT2D eigenvalue weighted by molar-refractivity contribution is -0.153. The highest BCUT2D eigenvalue weighted by molar-refractivity contribution is 6.38. The van der Waals surface area contributed by atoms with Gasteiger partial charge in [0, 0.05) is 50.5 Å².